The van der Waals surface area contributed by atoms with Gasteiger partial charge in [-0.1, -0.05) is 36.4 Å². The summed E-state index contributed by atoms with van der Waals surface area (Å²) in [6, 6.07) is 15.1. The highest BCUT2D eigenvalue weighted by molar-refractivity contribution is 7.90. The third kappa shape index (κ3) is 3.82. The second-order valence-corrected chi connectivity index (χ2v) is 7.84. The molecular weight excluding hydrogens is 308 g/mol. The summed E-state index contributed by atoms with van der Waals surface area (Å²) in [4.78, 5) is 0.340. The molecule has 0 aliphatic heterocycles. The summed E-state index contributed by atoms with van der Waals surface area (Å²) in [7, 11) is -3.22. The first kappa shape index (κ1) is 15.8. The Labute approximate surface area is 137 Å². The highest BCUT2D eigenvalue weighted by Crippen LogP contribution is 2.35. The molecule has 1 aliphatic carbocycles. The molecule has 0 aromatic heterocycles. The molecule has 0 radical (unpaired) electrons. The summed E-state index contributed by atoms with van der Waals surface area (Å²) in [5.41, 5.74) is 3.17. The summed E-state index contributed by atoms with van der Waals surface area (Å²) in [5.74, 6) is 0.745. The van der Waals surface area contributed by atoms with Crippen molar-refractivity contribution >= 4 is 15.4 Å². The van der Waals surface area contributed by atoms with Gasteiger partial charge in [0.05, 0.1) is 4.90 Å². The summed E-state index contributed by atoms with van der Waals surface area (Å²) >= 11 is 0. The second kappa shape index (κ2) is 6.59. The van der Waals surface area contributed by atoms with E-state index in [2.05, 4.69) is 6.08 Å². The summed E-state index contributed by atoms with van der Waals surface area (Å²) in [6.07, 6.45) is 6.53. The Kier molecular flexibility index (Phi) is 4.53. The minimum Gasteiger partial charge on any atom is -0.488 e. The average molecular weight is 328 g/mol. The quantitative estimate of drug-likeness (QED) is 0.824. The van der Waals surface area contributed by atoms with E-state index < -0.39 is 9.84 Å². The first-order chi connectivity index (χ1) is 11.0. The summed E-state index contributed by atoms with van der Waals surface area (Å²) < 4.78 is 29.6. The van der Waals surface area contributed by atoms with E-state index in [4.69, 9.17) is 4.74 Å². The first-order valence-corrected chi connectivity index (χ1v) is 9.63. The molecule has 2 aromatic carbocycles. The van der Waals surface area contributed by atoms with Crippen molar-refractivity contribution in [2.45, 2.75) is 30.8 Å². The van der Waals surface area contributed by atoms with Gasteiger partial charge in [0, 0.05) is 11.8 Å². The van der Waals surface area contributed by atoms with Gasteiger partial charge in [-0.25, -0.2) is 8.42 Å². The lowest BCUT2D eigenvalue weighted by Gasteiger charge is -2.14. The van der Waals surface area contributed by atoms with E-state index in [1.54, 1.807) is 18.2 Å². The van der Waals surface area contributed by atoms with Crippen LogP contribution in [0.5, 0.6) is 5.75 Å². The zero-order valence-electron chi connectivity index (χ0n) is 13.2. The fraction of sp³-hybridized carbons (Fsp3) is 0.263. The Morgan fingerprint density at radius 3 is 2.52 bits per heavy atom. The SMILES string of the molecule is CS(=O)(=O)c1ccc(OCc2ccccc2)c(C2=CCCC2)c1. The molecule has 0 unspecified atom stereocenters. The van der Waals surface area contributed by atoms with Crippen molar-refractivity contribution in [1.82, 2.24) is 0 Å². The Balaban J connectivity index is 1.92. The van der Waals surface area contributed by atoms with Gasteiger partial charge in [0.2, 0.25) is 0 Å². The van der Waals surface area contributed by atoms with Crippen LogP contribution in [0, 0.1) is 0 Å². The molecule has 0 fully saturated rings. The van der Waals surface area contributed by atoms with Crippen LogP contribution in [0.2, 0.25) is 0 Å². The smallest absolute Gasteiger partial charge is 0.175 e. The standard InChI is InChI=1S/C19H20O3S/c1-23(20,21)17-11-12-19(18(13-17)16-9-5-6-10-16)22-14-15-7-3-2-4-8-15/h2-4,7-9,11-13H,5-6,10,14H2,1H3. The molecular formula is C19H20O3S. The van der Waals surface area contributed by atoms with Gasteiger partial charge in [-0.15, -0.1) is 0 Å². The van der Waals surface area contributed by atoms with Crippen molar-refractivity contribution in [2.75, 3.05) is 6.26 Å². The lowest BCUT2D eigenvalue weighted by atomic mass is 10.0. The topological polar surface area (TPSA) is 43.4 Å². The largest absolute Gasteiger partial charge is 0.488 e. The van der Waals surface area contributed by atoms with Crippen LogP contribution in [0.1, 0.15) is 30.4 Å². The van der Waals surface area contributed by atoms with E-state index in [1.165, 1.54) is 11.8 Å². The molecule has 0 spiro atoms. The Hall–Kier alpha value is -2.07. The van der Waals surface area contributed by atoms with Crippen molar-refractivity contribution in [3.8, 4) is 5.75 Å². The monoisotopic (exact) mass is 328 g/mol. The molecule has 0 saturated carbocycles. The highest BCUT2D eigenvalue weighted by Gasteiger charge is 2.16. The molecule has 0 amide bonds. The Bertz CT molecular complexity index is 821. The van der Waals surface area contributed by atoms with E-state index in [-0.39, 0.29) is 0 Å². The van der Waals surface area contributed by atoms with E-state index >= 15 is 0 Å². The molecule has 0 N–H and O–H groups in total. The van der Waals surface area contributed by atoms with Crippen molar-refractivity contribution in [3.05, 3.63) is 65.7 Å². The van der Waals surface area contributed by atoms with Gasteiger partial charge < -0.3 is 4.74 Å². The number of hydrogen-bond donors (Lipinski definition) is 0. The van der Waals surface area contributed by atoms with Gasteiger partial charge in [0.25, 0.3) is 0 Å². The zero-order chi connectivity index (χ0) is 16.3. The van der Waals surface area contributed by atoms with Crippen LogP contribution in [0.3, 0.4) is 0 Å². The normalized spacial score (nSPS) is 14.6. The highest BCUT2D eigenvalue weighted by atomic mass is 32.2. The fourth-order valence-electron chi connectivity index (χ4n) is 2.77. The molecule has 0 atom stereocenters. The Morgan fingerprint density at radius 2 is 1.87 bits per heavy atom. The number of allylic oxidation sites excluding steroid dienone is 2. The molecule has 4 heteroatoms. The summed E-state index contributed by atoms with van der Waals surface area (Å²) in [5, 5.41) is 0. The molecule has 2 aromatic rings. The molecule has 0 heterocycles. The molecule has 0 bridgehead atoms. The fourth-order valence-corrected chi connectivity index (χ4v) is 3.41. The second-order valence-electron chi connectivity index (χ2n) is 5.83. The van der Waals surface area contributed by atoms with Gasteiger partial charge in [-0.2, -0.15) is 0 Å². The summed E-state index contributed by atoms with van der Waals surface area (Å²) in [6.45, 7) is 0.472. The lowest BCUT2D eigenvalue weighted by molar-refractivity contribution is 0.305. The maximum atomic E-state index is 11.8. The van der Waals surface area contributed by atoms with Crippen LogP contribution in [-0.4, -0.2) is 14.7 Å². The molecule has 120 valence electrons. The zero-order valence-corrected chi connectivity index (χ0v) is 14.0. The van der Waals surface area contributed by atoms with Crippen molar-refractivity contribution in [2.24, 2.45) is 0 Å². The van der Waals surface area contributed by atoms with Gasteiger partial charge in [0.15, 0.2) is 9.84 Å². The van der Waals surface area contributed by atoms with Crippen LogP contribution >= 0.6 is 0 Å². The third-order valence-corrected chi connectivity index (χ3v) is 5.11. The number of hydrogen-bond acceptors (Lipinski definition) is 3. The Morgan fingerprint density at radius 1 is 1.09 bits per heavy atom. The van der Waals surface area contributed by atoms with Crippen LogP contribution < -0.4 is 4.74 Å². The third-order valence-electron chi connectivity index (χ3n) is 4.00. The van der Waals surface area contributed by atoms with Gasteiger partial charge in [0.1, 0.15) is 12.4 Å². The van der Waals surface area contributed by atoms with Gasteiger partial charge in [-0.3, -0.25) is 0 Å². The molecule has 3 nitrogen and oxygen atoms in total. The van der Waals surface area contributed by atoms with Gasteiger partial charge >= 0.3 is 0 Å². The van der Waals surface area contributed by atoms with Crippen molar-refractivity contribution in [3.63, 3.8) is 0 Å². The maximum absolute atomic E-state index is 11.8. The van der Waals surface area contributed by atoms with Crippen LogP contribution in [0.15, 0.2) is 59.5 Å². The predicted octanol–water partition coefficient (Wildman–Crippen LogP) is 4.24. The lowest BCUT2D eigenvalue weighted by Crippen LogP contribution is -2.02. The van der Waals surface area contributed by atoms with Crippen molar-refractivity contribution in [1.29, 1.82) is 0 Å². The average Bonchev–Trinajstić information content (AvgIpc) is 3.07. The van der Waals surface area contributed by atoms with Gasteiger partial charge in [-0.05, 0) is 48.6 Å². The minimum absolute atomic E-state index is 0.340. The van der Waals surface area contributed by atoms with Crippen LogP contribution in [-0.2, 0) is 16.4 Å². The molecule has 0 saturated heterocycles. The van der Waals surface area contributed by atoms with Crippen LogP contribution in [0.4, 0.5) is 0 Å². The van der Waals surface area contributed by atoms with Crippen LogP contribution in [0.25, 0.3) is 5.57 Å². The number of ether oxygens (including phenoxy) is 1. The van der Waals surface area contributed by atoms with E-state index in [1.807, 2.05) is 30.3 Å². The van der Waals surface area contributed by atoms with Crippen molar-refractivity contribution < 1.29 is 13.2 Å². The van der Waals surface area contributed by atoms with E-state index in [9.17, 15) is 8.42 Å². The number of sulfone groups is 1. The number of benzene rings is 2. The van der Waals surface area contributed by atoms with E-state index in [0.29, 0.717) is 11.5 Å². The molecule has 23 heavy (non-hydrogen) atoms. The number of rotatable bonds is 5. The minimum atomic E-state index is -3.22. The van der Waals surface area contributed by atoms with E-state index in [0.717, 1.165) is 36.1 Å². The molecule has 3 rings (SSSR count). The molecule has 1 aliphatic rings. The first-order valence-electron chi connectivity index (χ1n) is 7.74. The maximum Gasteiger partial charge on any atom is 0.175 e. The predicted molar refractivity (Wildman–Crippen MR) is 92.2 cm³/mol.